The Balaban J connectivity index is 1.34. The minimum atomic E-state index is -0.334. The lowest BCUT2D eigenvalue weighted by Crippen LogP contribution is -2.41. The van der Waals surface area contributed by atoms with Gasteiger partial charge in [-0.25, -0.2) is 4.79 Å². The SMILES string of the molecule is N#Cc1c(NC(=O)/C=C/c2ccoc2)sc2c1CCC(COC(=O)N1CCC(O)CC1)C2. The quantitative estimate of drug-likeness (QED) is 0.666. The maximum atomic E-state index is 12.3. The topological polar surface area (TPSA) is 116 Å². The number of furan rings is 1. The predicted octanol–water partition coefficient (Wildman–Crippen LogP) is 3.56. The summed E-state index contributed by atoms with van der Waals surface area (Å²) in [4.78, 5) is 27.3. The molecule has 1 unspecified atom stereocenters. The van der Waals surface area contributed by atoms with Crippen LogP contribution in [0.1, 0.15) is 40.8 Å². The van der Waals surface area contributed by atoms with E-state index in [0.717, 1.165) is 22.4 Å². The smallest absolute Gasteiger partial charge is 0.409 e. The number of aliphatic hydroxyl groups excluding tert-OH is 1. The van der Waals surface area contributed by atoms with Crippen LogP contribution in [-0.2, 0) is 22.4 Å². The average molecular weight is 456 g/mol. The van der Waals surface area contributed by atoms with E-state index in [4.69, 9.17) is 9.15 Å². The summed E-state index contributed by atoms with van der Waals surface area (Å²) in [6, 6.07) is 3.98. The largest absolute Gasteiger partial charge is 0.472 e. The summed E-state index contributed by atoms with van der Waals surface area (Å²) in [6.07, 6.45) is 8.87. The molecule has 4 rings (SSSR count). The molecule has 2 N–H and O–H groups in total. The van der Waals surface area contributed by atoms with Crippen LogP contribution >= 0.6 is 11.3 Å². The molecule has 1 saturated heterocycles. The van der Waals surface area contributed by atoms with Gasteiger partial charge in [0.2, 0.25) is 5.91 Å². The second kappa shape index (κ2) is 10.0. The summed E-state index contributed by atoms with van der Waals surface area (Å²) in [5, 5.41) is 22.6. The Morgan fingerprint density at radius 2 is 2.19 bits per heavy atom. The van der Waals surface area contributed by atoms with Gasteiger partial charge in [-0.15, -0.1) is 11.3 Å². The van der Waals surface area contributed by atoms with Crippen LogP contribution in [0.15, 0.2) is 29.1 Å². The van der Waals surface area contributed by atoms with Gasteiger partial charge in [0.1, 0.15) is 11.1 Å². The number of carbonyl (C=O) groups excluding carboxylic acids is 2. The number of anilines is 1. The monoisotopic (exact) mass is 455 g/mol. The number of aliphatic hydroxyl groups is 1. The Morgan fingerprint density at radius 1 is 1.38 bits per heavy atom. The van der Waals surface area contributed by atoms with Gasteiger partial charge in [0.25, 0.3) is 0 Å². The van der Waals surface area contributed by atoms with E-state index in [-0.39, 0.29) is 24.0 Å². The van der Waals surface area contributed by atoms with Crippen molar-refractivity contribution in [2.75, 3.05) is 25.0 Å². The van der Waals surface area contributed by atoms with Gasteiger partial charge < -0.3 is 24.5 Å². The van der Waals surface area contributed by atoms with Gasteiger partial charge in [0, 0.05) is 29.6 Å². The molecule has 1 fully saturated rings. The second-order valence-corrected chi connectivity index (χ2v) is 9.21. The highest BCUT2D eigenvalue weighted by molar-refractivity contribution is 7.16. The second-order valence-electron chi connectivity index (χ2n) is 8.10. The number of ether oxygens (including phenoxy) is 1. The number of nitrogens with one attached hydrogen (secondary N) is 1. The van der Waals surface area contributed by atoms with Gasteiger partial charge in [-0.1, -0.05) is 0 Å². The van der Waals surface area contributed by atoms with E-state index in [2.05, 4.69) is 11.4 Å². The van der Waals surface area contributed by atoms with Crippen molar-refractivity contribution in [2.45, 2.75) is 38.2 Å². The lowest BCUT2D eigenvalue weighted by Gasteiger charge is -2.30. The normalized spacial score (nSPS) is 18.9. The van der Waals surface area contributed by atoms with Crippen molar-refractivity contribution in [1.82, 2.24) is 4.90 Å². The van der Waals surface area contributed by atoms with Crippen molar-refractivity contribution in [1.29, 1.82) is 5.26 Å². The first-order valence-corrected chi connectivity index (χ1v) is 11.5. The third-order valence-electron chi connectivity index (χ3n) is 5.85. The average Bonchev–Trinajstić information content (AvgIpc) is 3.43. The van der Waals surface area contributed by atoms with Crippen molar-refractivity contribution in [2.24, 2.45) is 5.92 Å². The molecule has 0 spiro atoms. The number of piperidine rings is 1. The Morgan fingerprint density at radius 3 is 2.91 bits per heavy atom. The van der Waals surface area contributed by atoms with Gasteiger partial charge in [0.05, 0.1) is 30.8 Å². The van der Waals surface area contributed by atoms with Crippen LogP contribution in [0.3, 0.4) is 0 Å². The molecule has 32 heavy (non-hydrogen) atoms. The summed E-state index contributed by atoms with van der Waals surface area (Å²) in [7, 11) is 0. The first-order valence-electron chi connectivity index (χ1n) is 10.7. The summed E-state index contributed by atoms with van der Waals surface area (Å²) in [6.45, 7) is 1.36. The molecule has 1 aliphatic heterocycles. The zero-order valence-electron chi connectivity index (χ0n) is 17.6. The summed E-state index contributed by atoms with van der Waals surface area (Å²) in [5.41, 5.74) is 2.29. The minimum absolute atomic E-state index is 0.177. The van der Waals surface area contributed by atoms with Crippen LogP contribution in [0.5, 0.6) is 0 Å². The molecule has 0 radical (unpaired) electrons. The van der Waals surface area contributed by atoms with Crippen molar-refractivity contribution >= 4 is 34.4 Å². The number of hydrogen-bond acceptors (Lipinski definition) is 7. The van der Waals surface area contributed by atoms with E-state index in [9.17, 15) is 20.0 Å². The van der Waals surface area contributed by atoms with E-state index in [1.54, 1.807) is 17.0 Å². The predicted molar refractivity (Wildman–Crippen MR) is 119 cm³/mol. The Kier molecular flexibility index (Phi) is 6.93. The zero-order valence-corrected chi connectivity index (χ0v) is 18.4. The number of thiophene rings is 1. The zero-order chi connectivity index (χ0) is 22.5. The van der Waals surface area contributed by atoms with Gasteiger partial charge >= 0.3 is 6.09 Å². The van der Waals surface area contributed by atoms with Crippen LogP contribution in [-0.4, -0.2) is 47.8 Å². The van der Waals surface area contributed by atoms with Crippen LogP contribution in [0.25, 0.3) is 6.08 Å². The van der Waals surface area contributed by atoms with E-state index >= 15 is 0 Å². The summed E-state index contributed by atoms with van der Waals surface area (Å²) >= 11 is 1.42. The standard InChI is InChI=1S/C23H25N3O5S/c24-12-19-18-3-1-16(14-31-23(29)26-8-5-17(27)6-9-26)11-20(18)32-22(19)25-21(28)4-2-15-7-10-30-13-15/h2,4,7,10,13,16-17,27H,1,3,5-6,8-9,11,14H2,(H,25,28)/b4-2+. The van der Waals surface area contributed by atoms with Crippen molar-refractivity contribution in [3.8, 4) is 6.07 Å². The van der Waals surface area contributed by atoms with Crippen molar-refractivity contribution < 1.29 is 23.8 Å². The molecular weight excluding hydrogens is 430 g/mol. The molecule has 1 aliphatic carbocycles. The molecule has 2 aliphatic rings. The lowest BCUT2D eigenvalue weighted by molar-refractivity contribution is -0.111. The lowest BCUT2D eigenvalue weighted by atomic mass is 9.88. The van der Waals surface area contributed by atoms with Crippen LogP contribution < -0.4 is 5.32 Å². The number of rotatable bonds is 5. The molecule has 0 saturated carbocycles. The fourth-order valence-corrected chi connectivity index (χ4v) is 5.34. The van der Waals surface area contributed by atoms with Gasteiger partial charge in [-0.05, 0) is 55.7 Å². The Hall–Kier alpha value is -3.09. The molecular formula is C23H25N3O5S. The fourth-order valence-electron chi connectivity index (χ4n) is 4.03. The number of hydrogen-bond donors (Lipinski definition) is 2. The first kappa shape index (κ1) is 22.1. The third kappa shape index (κ3) is 5.21. The van der Waals surface area contributed by atoms with E-state index in [0.29, 0.717) is 55.9 Å². The number of nitriles is 1. The third-order valence-corrected chi connectivity index (χ3v) is 7.02. The molecule has 3 heterocycles. The molecule has 2 amide bonds. The molecule has 168 valence electrons. The molecule has 8 nitrogen and oxygen atoms in total. The molecule has 1 atom stereocenters. The highest BCUT2D eigenvalue weighted by Gasteiger charge is 2.28. The number of nitrogens with zero attached hydrogens (tertiary/aromatic N) is 2. The van der Waals surface area contributed by atoms with E-state index < -0.39 is 0 Å². The van der Waals surface area contributed by atoms with Gasteiger partial charge in [-0.3, -0.25) is 4.79 Å². The van der Waals surface area contributed by atoms with Crippen LogP contribution in [0, 0.1) is 17.2 Å². The van der Waals surface area contributed by atoms with Crippen LogP contribution in [0.2, 0.25) is 0 Å². The highest BCUT2D eigenvalue weighted by Crippen LogP contribution is 2.39. The van der Waals surface area contributed by atoms with Crippen molar-refractivity contribution in [3.05, 3.63) is 46.2 Å². The van der Waals surface area contributed by atoms with Gasteiger partial charge in [0.15, 0.2) is 0 Å². The summed E-state index contributed by atoms with van der Waals surface area (Å²) in [5.74, 6) is -0.130. The molecule has 0 bridgehead atoms. The molecule has 2 aromatic rings. The Bertz CT molecular complexity index is 1030. The number of likely N-dealkylation sites (tertiary alicyclic amines) is 1. The maximum Gasteiger partial charge on any atom is 0.409 e. The number of fused-ring (bicyclic) bond motifs is 1. The van der Waals surface area contributed by atoms with Gasteiger partial charge in [-0.2, -0.15) is 5.26 Å². The number of amides is 2. The van der Waals surface area contributed by atoms with Crippen molar-refractivity contribution in [3.63, 3.8) is 0 Å². The van der Waals surface area contributed by atoms with E-state index in [1.165, 1.54) is 29.9 Å². The summed E-state index contributed by atoms with van der Waals surface area (Å²) < 4.78 is 10.5. The molecule has 2 aromatic heterocycles. The highest BCUT2D eigenvalue weighted by atomic mass is 32.1. The fraction of sp³-hybridized carbons (Fsp3) is 0.435. The molecule has 0 aromatic carbocycles. The maximum absolute atomic E-state index is 12.3. The Labute approximate surface area is 190 Å². The van der Waals surface area contributed by atoms with E-state index in [1.807, 2.05) is 0 Å². The molecule has 9 heteroatoms. The first-order chi connectivity index (χ1) is 15.5. The van der Waals surface area contributed by atoms with Crippen LogP contribution in [0.4, 0.5) is 9.80 Å². The minimum Gasteiger partial charge on any atom is -0.472 e. The number of carbonyl (C=O) groups is 2.